The first-order valence-electron chi connectivity index (χ1n) is 9.21. The van der Waals surface area contributed by atoms with Gasteiger partial charge in [-0.3, -0.25) is 5.10 Å². The number of H-pyrrole nitrogens is 1. The van der Waals surface area contributed by atoms with Crippen molar-refractivity contribution >= 4 is 0 Å². The van der Waals surface area contributed by atoms with Gasteiger partial charge in [-0.25, -0.2) is 0 Å². The molecule has 0 fully saturated rings. The van der Waals surface area contributed by atoms with E-state index in [9.17, 15) is 0 Å². The highest BCUT2D eigenvalue weighted by molar-refractivity contribution is 5.56. The second-order valence-electron chi connectivity index (χ2n) is 6.91. The number of methoxy groups -OCH3 is 2. The van der Waals surface area contributed by atoms with E-state index in [1.807, 2.05) is 37.4 Å². The van der Waals surface area contributed by atoms with E-state index in [-0.39, 0.29) is 6.04 Å². The molecule has 0 aliphatic carbocycles. The summed E-state index contributed by atoms with van der Waals surface area (Å²) in [5, 5.41) is 10.7. The van der Waals surface area contributed by atoms with Crippen LogP contribution in [0.5, 0.6) is 11.5 Å². The zero-order valence-corrected chi connectivity index (χ0v) is 17.1. The molecule has 2 N–H and O–H groups in total. The van der Waals surface area contributed by atoms with Gasteiger partial charge in [0, 0.05) is 24.7 Å². The molecule has 1 atom stereocenters. The summed E-state index contributed by atoms with van der Waals surface area (Å²) in [6.07, 6.45) is 1.83. The minimum absolute atomic E-state index is 0.181. The van der Waals surface area contributed by atoms with Crippen LogP contribution in [0.25, 0.3) is 11.5 Å². The van der Waals surface area contributed by atoms with Gasteiger partial charge < -0.3 is 24.1 Å². The molecular formula is C21H28N4O3. The number of aromatic nitrogens is 2. The van der Waals surface area contributed by atoms with Crippen LogP contribution in [0.2, 0.25) is 0 Å². The molecule has 2 heterocycles. The lowest BCUT2D eigenvalue weighted by molar-refractivity contribution is 0.286. The Hall–Kier alpha value is -2.77. The van der Waals surface area contributed by atoms with Crippen LogP contribution in [0.3, 0.4) is 0 Å². The normalized spacial score (nSPS) is 12.4. The van der Waals surface area contributed by atoms with E-state index in [1.54, 1.807) is 14.2 Å². The van der Waals surface area contributed by atoms with Crippen molar-refractivity contribution in [1.82, 2.24) is 20.4 Å². The molecule has 3 aromatic rings. The number of ether oxygens (including phenoxy) is 2. The van der Waals surface area contributed by atoms with Crippen molar-refractivity contribution in [3.8, 4) is 23.0 Å². The molecule has 7 nitrogen and oxygen atoms in total. The Morgan fingerprint density at radius 2 is 1.93 bits per heavy atom. The molecule has 0 aliphatic heterocycles. The Morgan fingerprint density at radius 1 is 1.14 bits per heavy atom. The molecule has 2 aromatic heterocycles. The van der Waals surface area contributed by atoms with E-state index in [0.29, 0.717) is 6.54 Å². The van der Waals surface area contributed by atoms with E-state index < -0.39 is 0 Å². The van der Waals surface area contributed by atoms with Crippen molar-refractivity contribution in [3.63, 3.8) is 0 Å². The minimum Gasteiger partial charge on any atom is -0.493 e. The predicted octanol–water partition coefficient (Wildman–Crippen LogP) is 3.39. The predicted molar refractivity (Wildman–Crippen MR) is 109 cm³/mol. The van der Waals surface area contributed by atoms with Gasteiger partial charge in [-0.05, 0) is 50.8 Å². The molecule has 0 amide bonds. The number of hydrogen-bond donors (Lipinski definition) is 2. The van der Waals surface area contributed by atoms with E-state index in [2.05, 4.69) is 40.6 Å². The number of aryl methyl sites for hydroxylation is 1. The van der Waals surface area contributed by atoms with Gasteiger partial charge in [-0.15, -0.1) is 0 Å². The molecule has 0 radical (unpaired) electrons. The van der Waals surface area contributed by atoms with Crippen LogP contribution in [-0.2, 0) is 6.54 Å². The molecule has 0 spiro atoms. The van der Waals surface area contributed by atoms with Crippen LogP contribution in [-0.4, -0.2) is 50.0 Å². The van der Waals surface area contributed by atoms with Crippen molar-refractivity contribution in [2.75, 3.05) is 34.9 Å². The summed E-state index contributed by atoms with van der Waals surface area (Å²) in [5.74, 6) is 3.14. The van der Waals surface area contributed by atoms with Gasteiger partial charge in [-0.1, -0.05) is 6.07 Å². The fourth-order valence-electron chi connectivity index (χ4n) is 3.23. The first-order chi connectivity index (χ1) is 13.5. The molecule has 0 saturated heterocycles. The highest BCUT2D eigenvalue weighted by Gasteiger charge is 2.17. The highest BCUT2D eigenvalue weighted by atomic mass is 16.5. The summed E-state index contributed by atoms with van der Waals surface area (Å²) in [6, 6.07) is 10.1. The van der Waals surface area contributed by atoms with E-state index >= 15 is 0 Å². The highest BCUT2D eigenvalue weighted by Crippen LogP contribution is 2.31. The van der Waals surface area contributed by atoms with Crippen LogP contribution in [0.1, 0.15) is 22.9 Å². The smallest absolute Gasteiger partial charge is 0.161 e. The van der Waals surface area contributed by atoms with Crippen LogP contribution in [0.4, 0.5) is 0 Å². The fraction of sp³-hybridized carbons (Fsp3) is 0.381. The third-order valence-corrected chi connectivity index (χ3v) is 4.77. The lowest BCUT2D eigenvalue weighted by Gasteiger charge is -2.26. The summed E-state index contributed by atoms with van der Waals surface area (Å²) >= 11 is 0. The van der Waals surface area contributed by atoms with Gasteiger partial charge in [0.05, 0.1) is 20.4 Å². The fourth-order valence-corrected chi connectivity index (χ4v) is 3.23. The maximum atomic E-state index is 5.72. The molecule has 28 heavy (non-hydrogen) atoms. The number of likely N-dealkylation sites (N-methyl/N-ethyl adjacent to an activating group) is 1. The number of nitrogens with one attached hydrogen (secondary N) is 2. The zero-order valence-electron chi connectivity index (χ0n) is 17.1. The van der Waals surface area contributed by atoms with Gasteiger partial charge in [-0.2, -0.15) is 5.10 Å². The number of aromatic amines is 1. The maximum Gasteiger partial charge on any atom is 0.161 e. The number of benzene rings is 1. The Kier molecular flexibility index (Phi) is 6.38. The Bertz CT molecular complexity index is 901. The molecule has 3 rings (SSSR count). The summed E-state index contributed by atoms with van der Waals surface area (Å²) in [6.45, 7) is 3.39. The topological polar surface area (TPSA) is 75.5 Å². The van der Waals surface area contributed by atoms with Crippen LogP contribution in [0, 0.1) is 6.92 Å². The number of nitrogens with zero attached hydrogens (tertiary/aromatic N) is 2. The van der Waals surface area contributed by atoms with Crippen LogP contribution < -0.4 is 14.8 Å². The first-order valence-corrected chi connectivity index (χ1v) is 9.21. The average molecular weight is 384 g/mol. The van der Waals surface area contributed by atoms with Gasteiger partial charge in [0.25, 0.3) is 0 Å². The summed E-state index contributed by atoms with van der Waals surface area (Å²) in [4.78, 5) is 2.18. The standard InChI is InChI=1S/C21H28N4O3/c1-14-6-8-19(28-14)21-16(12-23-24-21)11-22-13-17(25(2)3)15-7-9-18(26-4)20(10-15)27-5/h6-10,12,17,22H,11,13H2,1-5H3,(H,23,24). The molecule has 0 bridgehead atoms. The first kappa shape index (κ1) is 20.0. The van der Waals surface area contributed by atoms with Crippen LogP contribution >= 0.6 is 0 Å². The van der Waals surface area contributed by atoms with Crippen molar-refractivity contribution < 1.29 is 13.9 Å². The quantitative estimate of drug-likeness (QED) is 0.589. The molecule has 150 valence electrons. The third-order valence-electron chi connectivity index (χ3n) is 4.77. The summed E-state index contributed by atoms with van der Waals surface area (Å²) in [7, 11) is 7.43. The minimum atomic E-state index is 0.181. The maximum absolute atomic E-state index is 5.72. The van der Waals surface area contributed by atoms with Crippen molar-refractivity contribution in [2.45, 2.75) is 19.5 Å². The van der Waals surface area contributed by atoms with E-state index in [0.717, 1.165) is 46.4 Å². The molecular weight excluding hydrogens is 356 g/mol. The number of hydrogen-bond acceptors (Lipinski definition) is 6. The molecule has 0 aliphatic rings. The van der Waals surface area contributed by atoms with Crippen molar-refractivity contribution in [1.29, 1.82) is 0 Å². The Morgan fingerprint density at radius 3 is 2.57 bits per heavy atom. The molecule has 7 heteroatoms. The largest absolute Gasteiger partial charge is 0.493 e. The molecule has 1 unspecified atom stereocenters. The second-order valence-corrected chi connectivity index (χ2v) is 6.91. The van der Waals surface area contributed by atoms with Gasteiger partial charge >= 0.3 is 0 Å². The van der Waals surface area contributed by atoms with E-state index in [1.165, 1.54) is 0 Å². The zero-order chi connectivity index (χ0) is 20.1. The third kappa shape index (κ3) is 4.37. The molecule has 1 aromatic carbocycles. The van der Waals surface area contributed by atoms with Crippen LogP contribution in [0.15, 0.2) is 40.9 Å². The SMILES string of the molecule is COc1ccc(C(CNCc2cn[nH]c2-c2ccc(C)o2)N(C)C)cc1OC. The summed E-state index contributed by atoms with van der Waals surface area (Å²) < 4.78 is 16.5. The van der Waals surface area contributed by atoms with Crippen molar-refractivity contribution in [2.24, 2.45) is 0 Å². The summed E-state index contributed by atoms with van der Waals surface area (Å²) in [5.41, 5.74) is 3.14. The number of rotatable bonds is 9. The Labute approximate surface area is 165 Å². The Balaban J connectivity index is 1.69. The number of furan rings is 1. The second kappa shape index (κ2) is 8.95. The lowest BCUT2D eigenvalue weighted by atomic mass is 10.0. The average Bonchev–Trinajstić information content (AvgIpc) is 3.33. The van der Waals surface area contributed by atoms with Crippen molar-refractivity contribution in [3.05, 3.63) is 53.4 Å². The lowest BCUT2D eigenvalue weighted by Crippen LogP contribution is -2.30. The van der Waals surface area contributed by atoms with E-state index in [4.69, 9.17) is 13.9 Å². The monoisotopic (exact) mass is 384 g/mol. The molecule has 0 saturated carbocycles. The van der Waals surface area contributed by atoms with Gasteiger partial charge in [0.1, 0.15) is 11.5 Å². The van der Waals surface area contributed by atoms with Gasteiger partial charge in [0.2, 0.25) is 0 Å². The van der Waals surface area contributed by atoms with Gasteiger partial charge in [0.15, 0.2) is 17.3 Å².